The summed E-state index contributed by atoms with van der Waals surface area (Å²) in [6.45, 7) is 8.18. The van der Waals surface area contributed by atoms with Gasteiger partial charge in [0.05, 0.1) is 11.1 Å². The molecule has 3 aromatic carbocycles. The molecule has 0 radical (unpaired) electrons. The molecule has 8 heteroatoms. The third-order valence-corrected chi connectivity index (χ3v) is 7.26. The Hall–Kier alpha value is -4.56. The van der Waals surface area contributed by atoms with Gasteiger partial charge >= 0.3 is 0 Å². The zero-order valence-corrected chi connectivity index (χ0v) is 22.4. The van der Waals surface area contributed by atoms with E-state index >= 15 is 0 Å². The van der Waals surface area contributed by atoms with E-state index in [1.807, 2.05) is 68.4 Å². The highest BCUT2D eigenvalue weighted by Gasteiger charge is 2.18. The number of nitrogens with one attached hydrogen (secondary N) is 1. The molecular weight excluding hydrogens is 486 g/mol. The Kier molecular flexibility index (Phi) is 6.54. The number of para-hydroxylation sites is 1. The van der Waals surface area contributed by atoms with E-state index in [0.717, 1.165) is 54.2 Å². The molecule has 1 aliphatic heterocycles. The Bertz CT molecular complexity index is 1700. The van der Waals surface area contributed by atoms with E-state index in [4.69, 9.17) is 10.1 Å². The van der Waals surface area contributed by atoms with Crippen molar-refractivity contribution in [2.24, 2.45) is 0 Å². The monoisotopic (exact) mass is 517 g/mol. The average molecular weight is 518 g/mol. The van der Waals surface area contributed by atoms with Gasteiger partial charge in [0.1, 0.15) is 11.2 Å². The van der Waals surface area contributed by atoms with E-state index in [1.54, 1.807) is 6.20 Å². The summed E-state index contributed by atoms with van der Waals surface area (Å²) in [5.41, 5.74) is 6.67. The maximum Gasteiger partial charge on any atom is 0.282 e. The van der Waals surface area contributed by atoms with Crippen molar-refractivity contribution in [2.75, 3.05) is 43.4 Å². The second-order valence-electron chi connectivity index (χ2n) is 10.1. The fraction of sp³-hybridized carbons (Fsp3) is 0.226. The molecule has 8 nitrogen and oxygen atoms in total. The minimum Gasteiger partial charge on any atom is -0.369 e. The predicted molar refractivity (Wildman–Crippen MR) is 157 cm³/mol. The van der Waals surface area contributed by atoms with Gasteiger partial charge in [0.2, 0.25) is 5.95 Å². The lowest BCUT2D eigenvalue weighted by Crippen LogP contribution is -2.44. The number of aromatic nitrogens is 4. The molecule has 3 heterocycles. The Labute approximate surface area is 227 Å². The lowest BCUT2D eigenvalue weighted by atomic mass is 10.1. The van der Waals surface area contributed by atoms with Crippen LogP contribution in [-0.2, 0) is 0 Å². The summed E-state index contributed by atoms with van der Waals surface area (Å²) in [5, 5.41) is 8.57. The predicted octanol–water partition coefficient (Wildman–Crippen LogP) is 4.95. The Morgan fingerprint density at radius 3 is 2.38 bits per heavy atom. The van der Waals surface area contributed by atoms with Crippen LogP contribution in [0.15, 0.2) is 83.8 Å². The van der Waals surface area contributed by atoms with Crippen LogP contribution in [0.3, 0.4) is 0 Å². The van der Waals surface area contributed by atoms with Crippen molar-refractivity contribution < 1.29 is 0 Å². The molecule has 0 bridgehead atoms. The average Bonchev–Trinajstić information content (AvgIpc) is 2.95. The number of fused-ring (bicyclic) bond motifs is 1. The van der Waals surface area contributed by atoms with Crippen LogP contribution in [0.1, 0.15) is 11.1 Å². The summed E-state index contributed by atoms with van der Waals surface area (Å²) in [7, 11) is 2.16. The van der Waals surface area contributed by atoms with Gasteiger partial charge in [-0.2, -0.15) is 9.78 Å². The van der Waals surface area contributed by atoms with E-state index in [9.17, 15) is 4.79 Å². The molecule has 0 saturated carbocycles. The van der Waals surface area contributed by atoms with Crippen molar-refractivity contribution in [1.29, 1.82) is 0 Å². The zero-order chi connectivity index (χ0) is 26.9. The quantitative estimate of drug-likeness (QED) is 0.353. The van der Waals surface area contributed by atoms with Crippen molar-refractivity contribution in [3.05, 3.63) is 100 Å². The highest BCUT2D eigenvalue weighted by molar-refractivity contribution is 5.91. The molecule has 1 saturated heterocycles. The molecule has 196 valence electrons. The first kappa shape index (κ1) is 24.8. The van der Waals surface area contributed by atoms with Crippen LogP contribution in [0.2, 0.25) is 0 Å². The van der Waals surface area contributed by atoms with Gasteiger partial charge in [0.15, 0.2) is 0 Å². The minimum absolute atomic E-state index is 0.251. The summed E-state index contributed by atoms with van der Waals surface area (Å²) < 4.78 is 1.46. The van der Waals surface area contributed by atoms with Crippen LogP contribution >= 0.6 is 0 Å². The first-order chi connectivity index (χ1) is 19.0. The van der Waals surface area contributed by atoms with Crippen molar-refractivity contribution in [2.45, 2.75) is 13.8 Å². The Morgan fingerprint density at radius 2 is 1.64 bits per heavy atom. The fourth-order valence-corrected chi connectivity index (χ4v) is 4.99. The molecular formula is C31H31N7O. The van der Waals surface area contributed by atoms with Crippen molar-refractivity contribution in [3.8, 4) is 16.9 Å². The zero-order valence-electron chi connectivity index (χ0n) is 22.4. The second-order valence-corrected chi connectivity index (χ2v) is 10.1. The number of rotatable bonds is 5. The van der Waals surface area contributed by atoms with Gasteiger partial charge < -0.3 is 15.1 Å². The number of likely N-dealkylation sites (N-methyl/N-ethyl adjacent to an activating group) is 1. The normalized spacial score (nSPS) is 14.1. The Balaban J connectivity index is 1.40. The number of aryl methyl sites for hydroxylation is 2. The summed E-state index contributed by atoms with van der Waals surface area (Å²) in [5.74, 6) is 0.415. The van der Waals surface area contributed by atoms with Gasteiger partial charge in [-0.1, -0.05) is 42.0 Å². The van der Waals surface area contributed by atoms with E-state index < -0.39 is 0 Å². The number of anilines is 3. The minimum atomic E-state index is -0.251. The van der Waals surface area contributed by atoms with Crippen LogP contribution < -0.4 is 15.8 Å². The molecule has 1 N–H and O–H groups in total. The summed E-state index contributed by atoms with van der Waals surface area (Å²) in [6.07, 6.45) is 1.60. The van der Waals surface area contributed by atoms with Crippen molar-refractivity contribution in [1.82, 2.24) is 24.6 Å². The molecule has 2 aromatic heterocycles. The summed E-state index contributed by atoms with van der Waals surface area (Å²) in [4.78, 5) is 27.7. The third-order valence-electron chi connectivity index (χ3n) is 7.26. The highest BCUT2D eigenvalue weighted by atomic mass is 16.1. The Morgan fingerprint density at radius 1 is 0.872 bits per heavy atom. The lowest BCUT2D eigenvalue weighted by molar-refractivity contribution is 0.313. The smallest absolute Gasteiger partial charge is 0.282 e. The topological polar surface area (TPSA) is 79.2 Å². The largest absolute Gasteiger partial charge is 0.369 e. The van der Waals surface area contributed by atoms with Gasteiger partial charge in [-0.25, -0.2) is 9.97 Å². The molecule has 1 aliphatic rings. The fourth-order valence-electron chi connectivity index (χ4n) is 4.99. The molecule has 0 aliphatic carbocycles. The first-order valence-electron chi connectivity index (χ1n) is 13.2. The first-order valence-corrected chi connectivity index (χ1v) is 13.2. The molecule has 0 amide bonds. The van der Waals surface area contributed by atoms with E-state index in [1.165, 1.54) is 10.4 Å². The maximum atomic E-state index is 13.6. The summed E-state index contributed by atoms with van der Waals surface area (Å²) >= 11 is 0. The highest BCUT2D eigenvalue weighted by Crippen LogP contribution is 2.27. The van der Waals surface area contributed by atoms with Gasteiger partial charge in [0.25, 0.3) is 5.56 Å². The van der Waals surface area contributed by atoms with Gasteiger partial charge in [0, 0.05) is 49.3 Å². The number of hydrogen-bond donors (Lipinski definition) is 1. The van der Waals surface area contributed by atoms with E-state index in [2.05, 4.69) is 45.3 Å². The second kappa shape index (κ2) is 10.3. The number of hydrogen-bond acceptors (Lipinski definition) is 7. The van der Waals surface area contributed by atoms with Crippen LogP contribution in [0.5, 0.6) is 0 Å². The number of piperazine rings is 1. The number of benzene rings is 3. The van der Waals surface area contributed by atoms with Gasteiger partial charge in [-0.3, -0.25) is 4.79 Å². The molecule has 39 heavy (non-hydrogen) atoms. The number of nitrogens with zero attached hydrogens (tertiary/aromatic N) is 6. The molecule has 6 rings (SSSR count). The van der Waals surface area contributed by atoms with E-state index in [-0.39, 0.29) is 5.56 Å². The van der Waals surface area contributed by atoms with Crippen LogP contribution in [0.25, 0.3) is 27.8 Å². The van der Waals surface area contributed by atoms with Crippen LogP contribution in [-0.4, -0.2) is 57.9 Å². The molecule has 5 aromatic rings. The van der Waals surface area contributed by atoms with Gasteiger partial charge in [-0.15, -0.1) is 0 Å². The van der Waals surface area contributed by atoms with Crippen LogP contribution in [0, 0.1) is 13.8 Å². The maximum absolute atomic E-state index is 13.6. The standard InChI is InChI=1S/C31H31N7O/c1-21-7-6-9-23(19-21)28-29-26(30(39)38(35-28)27-10-5-4-8-22(27)2)20-32-31(34-29)33-24-11-13-25(14-12-24)37-17-15-36(3)16-18-37/h4-14,19-20H,15-18H2,1-3H3,(H,32,33,34). The molecule has 0 atom stereocenters. The van der Waals surface area contributed by atoms with Gasteiger partial charge in [-0.05, 0) is 62.9 Å². The molecule has 0 spiro atoms. The van der Waals surface area contributed by atoms with E-state index in [0.29, 0.717) is 22.5 Å². The lowest BCUT2D eigenvalue weighted by Gasteiger charge is -2.34. The SMILES string of the molecule is Cc1cccc(-c2nn(-c3ccccc3C)c(=O)c3cnc(Nc4ccc(N5CCN(C)CC5)cc4)nc23)c1. The van der Waals surface area contributed by atoms with Crippen molar-refractivity contribution in [3.63, 3.8) is 0 Å². The third kappa shape index (κ3) is 4.98. The van der Waals surface area contributed by atoms with Crippen LogP contribution in [0.4, 0.5) is 17.3 Å². The molecule has 0 unspecified atom stereocenters. The summed E-state index contributed by atoms with van der Waals surface area (Å²) in [6, 6.07) is 24.1. The molecule has 1 fully saturated rings. The van der Waals surface area contributed by atoms with Crippen molar-refractivity contribution >= 4 is 28.2 Å².